The van der Waals surface area contributed by atoms with Crippen LogP contribution in [0.4, 0.5) is 17.1 Å². The van der Waals surface area contributed by atoms with Crippen molar-refractivity contribution in [3.05, 3.63) is 69.9 Å². The van der Waals surface area contributed by atoms with Crippen molar-refractivity contribution < 1.29 is 9.72 Å². The Bertz CT molecular complexity index is 986. The lowest BCUT2D eigenvalue weighted by Crippen LogP contribution is -2.13. The Kier molecular flexibility index (Phi) is 4.99. The number of aromatic nitrogens is 2. The molecule has 3 aromatic rings. The van der Waals surface area contributed by atoms with Gasteiger partial charge in [-0.05, 0) is 24.3 Å². The van der Waals surface area contributed by atoms with Gasteiger partial charge in [-0.2, -0.15) is 5.10 Å². The molecule has 0 saturated carbocycles. The minimum Gasteiger partial charge on any atom is -0.365 e. The second kappa shape index (κ2) is 7.36. The number of nitro benzene ring substituents is 1. The van der Waals surface area contributed by atoms with E-state index in [1.807, 2.05) is 24.3 Å². The Morgan fingerprint density at radius 3 is 2.73 bits per heavy atom. The molecule has 4 N–H and O–H groups in total. The third kappa shape index (κ3) is 3.57. The number of nitrogens with two attached hydrogens (primary N) is 1. The van der Waals surface area contributed by atoms with Gasteiger partial charge in [-0.1, -0.05) is 28.1 Å². The van der Waals surface area contributed by atoms with Gasteiger partial charge in [-0.15, -0.1) is 0 Å². The fourth-order valence-corrected chi connectivity index (χ4v) is 2.98. The first kappa shape index (κ1) is 17.6. The van der Waals surface area contributed by atoms with Crippen LogP contribution in [0.15, 0.2) is 48.7 Å². The number of rotatable bonds is 6. The summed E-state index contributed by atoms with van der Waals surface area (Å²) >= 11 is 3.42. The van der Waals surface area contributed by atoms with E-state index in [0.717, 1.165) is 22.5 Å². The standard InChI is InChI=1S/C17H14BrN5O3/c18-8-11-9-20-22-16(11)10-2-1-3-12(6-10)21-13-4-5-14(17(19)24)15(7-13)23(25)26/h1-7,9,21H,8H2,(H2,19,24)(H,20,22). The lowest BCUT2D eigenvalue weighted by molar-refractivity contribution is -0.385. The molecule has 2 aromatic carbocycles. The zero-order valence-corrected chi connectivity index (χ0v) is 15.0. The van der Waals surface area contributed by atoms with Gasteiger partial charge >= 0.3 is 0 Å². The van der Waals surface area contributed by atoms with Crippen molar-refractivity contribution in [2.75, 3.05) is 5.32 Å². The van der Waals surface area contributed by atoms with E-state index in [1.165, 1.54) is 12.1 Å². The van der Waals surface area contributed by atoms with Gasteiger partial charge in [-0.3, -0.25) is 20.0 Å². The molecule has 9 heteroatoms. The molecule has 1 aromatic heterocycles. The fourth-order valence-electron chi connectivity index (χ4n) is 2.55. The van der Waals surface area contributed by atoms with Crippen molar-refractivity contribution in [1.82, 2.24) is 10.2 Å². The monoisotopic (exact) mass is 415 g/mol. The Balaban J connectivity index is 1.92. The van der Waals surface area contributed by atoms with Crippen LogP contribution in [0.1, 0.15) is 15.9 Å². The zero-order valence-electron chi connectivity index (χ0n) is 13.4. The maximum absolute atomic E-state index is 11.3. The van der Waals surface area contributed by atoms with E-state index < -0.39 is 10.8 Å². The number of nitrogens with zero attached hydrogens (tertiary/aromatic N) is 2. The van der Waals surface area contributed by atoms with Gasteiger partial charge in [0.2, 0.25) is 0 Å². The third-order valence-electron chi connectivity index (χ3n) is 3.76. The maximum atomic E-state index is 11.3. The largest absolute Gasteiger partial charge is 0.365 e. The van der Waals surface area contributed by atoms with Crippen molar-refractivity contribution >= 4 is 38.9 Å². The lowest BCUT2D eigenvalue weighted by atomic mass is 10.1. The molecule has 0 aliphatic heterocycles. The van der Waals surface area contributed by atoms with Gasteiger partial charge in [-0.25, -0.2) is 0 Å². The van der Waals surface area contributed by atoms with E-state index in [2.05, 4.69) is 31.4 Å². The highest BCUT2D eigenvalue weighted by molar-refractivity contribution is 9.08. The summed E-state index contributed by atoms with van der Waals surface area (Å²) in [5.74, 6) is -0.841. The van der Waals surface area contributed by atoms with Crippen LogP contribution in [0.25, 0.3) is 11.3 Å². The molecular formula is C17H14BrN5O3. The number of carbonyl (C=O) groups is 1. The van der Waals surface area contributed by atoms with E-state index in [1.54, 1.807) is 12.3 Å². The van der Waals surface area contributed by atoms with Gasteiger partial charge in [0, 0.05) is 33.9 Å². The van der Waals surface area contributed by atoms with Crippen LogP contribution >= 0.6 is 15.9 Å². The number of aromatic amines is 1. The van der Waals surface area contributed by atoms with E-state index in [4.69, 9.17) is 5.73 Å². The average molecular weight is 416 g/mol. The van der Waals surface area contributed by atoms with E-state index in [-0.39, 0.29) is 11.3 Å². The predicted molar refractivity (Wildman–Crippen MR) is 102 cm³/mol. The molecule has 132 valence electrons. The van der Waals surface area contributed by atoms with E-state index in [9.17, 15) is 14.9 Å². The molecule has 0 atom stereocenters. The van der Waals surface area contributed by atoms with E-state index in [0.29, 0.717) is 11.0 Å². The number of hydrogen-bond donors (Lipinski definition) is 3. The molecule has 3 rings (SSSR count). The number of nitrogens with one attached hydrogen (secondary N) is 2. The number of primary amides is 1. The molecule has 26 heavy (non-hydrogen) atoms. The number of anilines is 2. The average Bonchev–Trinajstić information content (AvgIpc) is 3.10. The number of benzene rings is 2. The van der Waals surface area contributed by atoms with Crippen LogP contribution in [0.3, 0.4) is 0 Å². The molecule has 0 spiro atoms. The molecule has 0 aliphatic carbocycles. The first-order chi connectivity index (χ1) is 12.5. The van der Waals surface area contributed by atoms with Crippen molar-refractivity contribution in [3.8, 4) is 11.3 Å². The number of halogens is 1. The predicted octanol–water partition coefficient (Wildman–Crippen LogP) is 3.72. The SMILES string of the molecule is NC(=O)c1ccc(Nc2cccc(-c3[nH]ncc3CBr)c2)cc1[N+](=O)[O-]. The molecule has 0 bridgehead atoms. The van der Waals surface area contributed by atoms with Crippen molar-refractivity contribution in [2.45, 2.75) is 5.33 Å². The summed E-state index contributed by atoms with van der Waals surface area (Å²) in [6.45, 7) is 0. The van der Waals surface area contributed by atoms with Crippen molar-refractivity contribution in [1.29, 1.82) is 0 Å². The van der Waals surface area contributed by atoms with Crippen LogP contribution in [0.5, 0.6) is 0 Å². The van der Waals surface area contributed by atoms with Gasteiger partial charge in [0.15, 0.2) is 0 Å². The summed E-state index contributed by atoms with van der Waals surface area (Å²) in [5.41, 5.74) is 8.75. The van der Waals surface area contributed by atoms with Crippen LogP contribution in [0, 0.1) is 10.1 Å². The highest BCUT2D eigenvalue weighted by Crippen LogP contribution is 2.29. The number of alkyl halides is 1. The maximum Gasteiger partial charge on any atom is 0.284 e. The van der Waals surface area contributed by atoms with Gasteiger partial charge in [0.05, 0.1) is 16.8 Å². The highest BCUT2D eigenvalue weighted by atomic mass is 79.9. The molecule has 1 amide bonds. The molecule has 0 saturated heterocycles. The molecule has 0 unspecified atom stereocenters. The van der Waals surface area contributed by atoms with Gasteiger partial charge in [0.1, 0.15) is 5.56 Å². The Morgan fingerprint density at radius 2 is 2.04 bits per heavy atom. The molecule has 8 nitrogen and oxygen atoms in total. The first-order valence-electron chi connectivity index (χ1n) is 7.53. The number of nitro groups is 1. The summed E-state index contributed by atoms with van der Waals surface area (Å²) in [6.07, 6.45) is 1.75. The summed E-state index contributed by atoms with van der Waals surface area (Å²) < 4.78 is 0. The molecule has 0 radical (unpaired) electrons. The van der Waals surface area contributed by atoms with E-state index >= 15 is 0 Å². The van der Waals surface area contributed by atoms with Crippen molar-refractivity contribution in [2.24, 2.45) is 5.73 Å². The Hall–Kier alpha value is -3.20. The minimum absolute atomic E-state index is 0.131. The Morgan fingerprint density at radius 1 is 1.27 bits per heavy atom. The zero-order chi connectivity index (χ0) is 18.7. The second-order valence-electron chi connectivity index (χ2n) is 5.46. The Labute approximate surface area is 156 Å². The number of carbonyl (C=O) groups excluding carboxylic acids is 1. The number of H-pyrrole nitrogens is 1. The van der Waals surface area contributed by atoms with Crippen molar-refractivity contribution in [3.63, 3.8) is 0 Å². The van der Waals surface area contributed by atoms with Crippen LogP contribution in [-0.4, -0.2) is 21.0 Å². The third-order valence-corrected chi connectivity index (χ3v) is 4.37. The fraction of sp³-hybridized carbons (Fsp3) is 0.0588. The second-order valence-corrected chi connectivity index (χ2v) is 6.02. The first-order valence-corrected chi connectivity index (χ1v) is 8.65. The molecular weight excluding hydrogens is 402 g/mol. The quantitative estimate of drug-likeness (QED) is 0.321. The van der Waals surface area contributed by atoms with Crippen LogP contribution in [0.2, 0.25) is 0 Å². The summed E-state index contributed by atoms with van der Waals surface area (Å²) in [6, 6.07) is 11.7. The normalized spacial score (nSPS) is 10.5. The van der Waals surface area contributed by atoms with Gasteiger partial charge < -0.3 is 11.1 Å². The number of amides is 1. The van der Waals surface area contributed by atoms with Gasteiger partial charge in [0.25, 0.3) is 11.6 Å². The minimum atomic E-state index is -0.841. The highest BCUT2D eigenvalue weighted by Gasteiger charge is 2.18. The molecule has 1 heterocycles. The molecule has 0 aliphatic rings. The lowest BCUT2D eigenvalue weighted by Gasteiger charge is -2.09. The summed E-state index contributed by atoms with van der Waals surface area (Å²) in [4.78, 5) is 21.9. The molecule has 0 fully saturated rings. The topological polar surface area (TPSA) is 127 Å². The smallest absolute Gasteiger partial charge is 0.284 e. The summed E-state index contributed by atoms with van der Waals surface area (Å²) in [7, 11) is 0. The number of hydrogen-bond acceptors (Lipinski definition) is 5. The summed E-state index contributed by atoms with van der Waals surface area (Å²) in [5, 5.41) is 21.9. The van der Waals surface area contributed by atoms with Crippen LogP contribution in [-0.2, 0) is 5.33 Å². The van der Waals surface area contributed by atoms with Crippen LogP contribution < -0.4 is 11.1 Å².